The van der Waals surface area contributed by atoms with Gasteiger partial charge in [-0.1, -0.05) is 0 Å². The molecule has 4 rings (SSSR count). The second kappa shape index (κ2) is 6.27. The van der Waals surface area contributed by atoms with Crippen LogP contribution in [0, 0.1) is 6.92 Å². The Kier molecular flexibility index (Phi) is 4.09. The van der Waals surface area contributed by atoms with Crippen LogP contribution >= 0.6 is 0 Å². The van der Waals surface area contributed by atoms with Crippen molar-refractivity contribution in [1.82, 2.24) is 20.1 Å². The van der Waals surface area contributed by atoms with Gasteiger partial charge >= 0.3 is 6.03 Å². The first-order chi connectivity index (χ1) is 12.0. The molecule has 2 aromatic heterocycles. The summed E-state index contributed by atoms with van der Waals surface area (Å²) in [4.78, 5) is 16.7. The highest BCUT2D eigenvalue weighted by Crippen LogP contribution is 2.35. The first-order valence-electron chi connectivity index (χ1n) is 8.69. The van der Waals surface area contributed by atoms with E-state index in [4.69, 9.17) is 9.47 Å². The highest BCUT2D eigenvalue weighted by atomic mass is 16.7. The molecular weight excluding hydrogens is 322 g/mol. The van der Waals surface area contributed by atoms with E-state index in [2.05, 4.69) is 20.7 Å². The molecule has 1 aliphatic carbocycles. The zero-order valence-corrected chi connectivity index (χ0v) is 14.5. The molecule has 1 spiro atoms. The Morgan fingerprint density at radius 2 is 2.20 bits per heavy atom. The lowest BCUT2D eigenvalue weighted by molar-refractivity contribution is -0.180. The maximum absolute atomic E-state index is 12.4. The number of nitrogens with one attached hydrogen (secondary N) is 2. The molecule has 1 aliphatic heterocycles. The van der Waals surface area contributed by atoms with E-state index in [0.717, 1.165) is 36.0 Å². The van der Waals surface area contributed by atoms with Gasteiger partial charge in [0.1, 0.15) is 0 Å². The molecule has 134 valence electrons. The van der Waals surface area contributed by atoms with Gasteiger partial charge in [-0.15, -0.1) is 0 Å². The fourth-order valence-electron chi connectivity index (χ4n) is 3.81. The molecule has 0 bridgehead atoms. The van der Waals surface area contributed by atoms with Gasteiger partial charge in [-0.3, -0.25) is 4.68 Å². The number of carbonyl (C=O) groups is 1. The Hall–Kier alpha value is -2.19. The van der Waals surface area contributed by atoms with Crippen LogP contribution in [-0.4, -0.2) is 45.8 Å². The van der Waals surface area contributed by atoms with Crippen molar-refractivity contribution < 1.29 is 14.3 Å². The zero-order chi connectivity index (χ0) is 17.4. The molecule has 25 heavy (non-hydrogen) atoms. The van der Waals surface area contributed by atoms with Gasteiger partial charge in [-0.05, 0) is 25.8 Å². The third-order valence-corrected chi connectivity index (χ3v) is 4.94. The third kappa shape index (κ3) is 3.19. The number of urea groups is 1. The van der Waals surface area contributed by atoms with Crippen molar-refractivity contribution in [2.45, 2.75) is 44.4 Å². The van der Waals surface area contributed by atoms with Gasteiger partial charge in [0, 0.05) is 31.3 Å². The maximum Gasteiger partial charge on any atom is 0.319 e. The van der Waals surface area contributed by atoms with E-state index >= 15 is 0 Å². The van der Waals surface area contributed by atoms with Gasteiger partial charge in [0.25, 0.3) is 0 Å². The van der Waals surface area contributed by atoms with E-state index in [1.807, 2.05) is 20.0 Å². The van der Waals surface area contributed by atoms with Gasteiger partial charge in [0.15, 0.2) is 11.4 Å². The van der Waals surface area contributed by atoms with Gasteiger partial charge in [-0.2, -0.15) is 5.10 Å². The molecule has 2 fully saturated rings. The predicted molar refractivity (Wildman–Crippen MR) is 92.3 cm³/mol. The summed E-state index contributed by atoms with van der Waals surface area (Å²) < 4.78 is 13.3. The fraction of sp³-hybridized carbons (Fsp3) is 0.588. The van der Waals surface area contributed by atoms with Crippen LogP contribution in [0.2, 0.25) is 0 Å². The van der Waals surface area contributed by atoms with E-state index < -0.39 is 5.79 Å². The van der Waals surface area contributed by atoms with Crippen LogP contribution < -0.4 is 10.6 Å². The predicted octanol–water partition coefficient (Wildman–Crippen LogP) is 2.08. The average Bonchev–Trinajstić information content (AvgIpc) is 3.12. The van der Waals surface area contributed by atoms with Crippen molar-refractivity contribution in [2.24, 2.45) is 7.05 Å². The molecule has 1 saturated carbocycles. The third-order valence-electron chi connectivity index (χ3n) is 4.94. The molecule has 2 amide bonds. The SMILES string of the molecule is Cc1nn(C)c2ncc(NC(=O)N[C@@H]3CCCC4(C3)OCCO4)cc12. The summed E-state index contributed by atoms with van der Waals surface area (Å²) in [6.07, 6.45) is 5.15. The number of pyridine rings is 1. The van der Waals surface area contributed by atoms with Crippen molar-refractivity contribution in [1.29, 1.82) is 0 Å². The van der Waals surface area contributed by atoms with Gasteiger partial charge in [-0.25, -0.2) is 9.78 Å². The van der Waals surface area contributed by atoms with Crippen molar-refractivity contribution in [3.63, 3.8) is 0 Å². The number of hydrogen-bond acceptors (Lipinski definition) is 5. The number of aryl methyl sites for hydroxylation is 2. The minimum Gasteiger partial charge on any atom is -0.347 e. The minimum atomic E-state index is -0.497. The molecular formula is C17H23N5O3. The lowest BCUT2D eigenvalue weighted by Gasteiger charge is -2.36. The molecule has 8 nitrogen and oxygen atoms in total. The van der Waals surface area contributed by atoms with Crippen LogP contribution in [0.15, 0.2) is 12.3 Å². The summed E-state index contributed by atoms with van der Waals surface area (Å²) >= 11 is 0. The first-order valence-corrected chi connectivity index (χ1v) is 8.69. The van der Waals surface area contributed by atoms with E-state index in [-0.39, 0.29) is 12.1 Å². The smallest absolute Gasteiger partial charge is 0.319 e. The van der Waals surface area contributed by atoms with Crippen LogP contribution in [0.3, 0.4) is 0 Å². The molecule has 3 heterocycles. The second-order valence-corrected chi connectivity index (χ2v) is 6.80. The molecule has 0 aromatic carbocycles. The quantitative estimate of drug-likeness (QED) is 0.870. The van der Waals surface area contributed by atoms with Crippen LogP contribution in [0.4, 0.5) is 10.5 Å². The molecule has 0 radical (unpaired) electrons. The zero-order valence-electron chi connectivity index (χ0n) is 14.5. The summed E-state index contributed by atoms with van der Waals surface area (Å²) in [7, 11) is 1.86. The number of anilines is 1. The lowest BCUT2D eigenvalue weighted by atomic mass is 9.90. The van der Waals surface area contributed by atoms with Crippen molar-refractivity contribution >= 4 is 22.8 Å². The maximum atomic E-state index is 12.4. The number of ether oxygens (including phenoxy) is 2. The Morgan fingerprint density at radius 1 is 1.40 bits per heavy atom. The second-order valence-electron chi connectivity index (χ2n) is 6.80. The minimum absolute atomic E-state index is 0.0451. The number of nitrogens with zero attached hydrogens (tertiary/aromatic N) is 3. The number of carbonyl (C=O) groups excluding carboxylic acids is 1. The van der Waals surface area contributed by atoms with Crippen molar-refractivity contribution in [2.75, 3.05) is 18.5 Å². The number of rotatable bonds is 2. The first kappa shape index (κ1) is 16.3. The molecule has 2 aliphatic rings. The average molecular weight is 345 g/mol. The number of aromatic nitrogens is 3. The number of hydrogen-bond donors (Lipinski definition) is 2. The monoisotopic (exact) mass is 345 g/mol. The summed E-state index contributed by atoms with van der Waals surface area (Å²) in [5.41, 5.74) is 2.34. The lowest BCUT2D eigenvalue weighted by Crippen LogP contribution is -2.47. The standard InChI is InChI=1S/C17H23N5O3/c1-11-14-8-13(10-18-15(14)22(2)21-11)20-16(23)19-12-4-3-5-17(9-12)24-6-7-25-17/h8,10,12H,3-7,9H2,1-2H3,(H2,19,20,23)/t12-/m1/s1. The summed E-state index contributed by atoms with van der Waals surface area (Å²) in [6.45, 7) is 3.20. The Bertz CT molecular complexity index is 797. The molecule has 2 aromatic rings. The largest absolute Gasteiger partial charge is 0.347 e. The topological polar surface area (TPSA) is 90.3 Å². The Morgan fingerprint density at radius 3 is 3.00 bits per heavy atom. The van der Waals surface area contributed by atoms with Crippen LogP contribution in [0.1, 0.15) is 31.4 Å². The molecule has 8 heteroatoms. The molecule has 2 N–H and O–H groups in total. The molecule has 1 atom stereocenters. The van der Waals surface area contributed by atoms with Gasteiger partial charge in [0.2, 0.25) is 0 Å². The number of amides is 2. The summed E-state index contributed by atoms with van der Waals surface area (Å²) in [5.74, 6) is -0.497. The summed E-state index contributed by atoms with van der Waals surface area (Å²) in [6, 6.07) is 1.71. The Balaban J connectivity index is 1.41. The van der Waals surface area contributed by atoms with E-state index in [9.17, 15) is 4.79 Å². The molecule has 1 saturated heterocycles. The summed E-state index contributed by atoms with van der Waals surface area (Å²) in [5, 5.41) is 11.2. The van der Waals surface area contributed by atoms with E-state index in [0.29, 0.717) is 25.3 Å². The van der Waals surface area contributed by atoms with Crippen molar-refractivity contribution in [3.05, 3.63) is 18.0 Å². The van der Waals surface area contributed by atoms with Crippen LogP contribution in [0.25, 0.3) is 11.0 Å². The highest BCUT2D eigenvalue weighted by Gasteiger charge is 2.41. The van der Waals surface area contributed by atoms with E-state index in [1.54, 1.807) is 10.9 Å². The van der Waals surface area contributed by atoms with Crippen LogP contribution in [-0.2, 0) is 16.5 Å². The van der Waals surface area contributed by atoms with Gasteiger partial charge < -0.3 is 20.1 Å². The fourth-order valence-corrected chi connectivity index (χ4v) is 3.81. The normalized spacial score (nSPS) is 22.4. The number of fused-ring (bicyclic) bond motifs is 1. The van der Waals surface area contributed by atoms with Crippen LogP contribution in [0.5, 0.6) is 0 Å². The van der Waals surface area contributed by atoms with Crippen molar-refractivity contribution in [3.8, 4) is 0 Å². The molecule has 0 unspecified atom stereocenters. The van der Waals surface area contributed by atoms with Gasteiger partial charge in [0.05, 0.1) is 30.8 Å². The van der Waals surface area contributed by atoms with E-state index in [1.165, 1.54) is 0 Å². The highest BCUT2D eigenvalue weighted by molar-refractivity contribution is 5.92. The Labute approximate surface area is 145 Å².